The van der Waals surface area contributed by atoms with E-state index in [1.807, 2.05) is 20.2 Å². The summed E-state index contributed by atoms with van der Waals surface area (Å²) in [4.78, 5) is 49.1. The Hall–Kier alpha value is -3.76. The van der Waals surface area contributed by atoms with Gasteiger partial charge in [0.1, 0.15) is 5.69 Å². The van der Waals surface area contributed by atoms with Crippen LogP contribution in [0, 0.1) is 0 Å². The number of hydrogen-bond donors (Lipinski definition) is 1. The van der Waals surface area contributed by atoms with E-state index in [4.69, 9.17) is 9.47 Å². The zero-order chi connectivity index (χ0) is 22.8. The highest BCUT2D eigenvalue weighted by Crippen LogP contribution is 2.28. The van der Waals surface area contributed by atoms with Gasteiger partial charge in [-0.3, -0.25) is 9.59 Å². The Bertz CT molecular complexity index is 1190. The number of fused-ring (bicyclic) bond motifs is 1. The van der Waals surface area contributed by atoms with Crippen LogP contribution in [0.4, 0.5) is 5.95 Å². The third-order valence-corrected chi connectivity index (χ3v) is 5.44. The molecule has 1 N–H and O–H groups in total. The largest absolute Gasteiger partial charge is 0.481 e. The van der Waals surface area contributed by atoms with E-state index in [1.165, 1.54) is 26.5 Å². The van der Waals surface area contributed by atoms with Gasteiger partial charge in [0.25, 0.3) is 11.5 Å². The van der Waals surface area contributed by atoms with Crippen molar-refractivity contribution in [3.63, 3.8) is 0 Å². The van der Waals surface area contributed by atoms with Gasteiger partial charge < -0.3 is 24.3 Å². The molecule has 1 aliphatic rings. The Labute approximate surface area is 184 Å². The minimum atomic E-state index is -0.242. The molecule has 0 aliphatic carbocycles. The summed E-state index contributed by atoms with van der Waals surface area (Å²) in [6.45, 7) is 1.04. The highest BCUT2D eigenvalue weighted by Gasteiger charge is 2.28. The van der Waals surface area contributed by atoms with Gasteiger partial charge >= 0.3 is 6.01 Å². The molecular weight excluding hydrogens is 414 g/mol. The molecule has 0 spiro atoms. The number of amides is 1. The minimum Gasteiger partial charge on any atom is -0.481 e. The Morgan fingerprint density at radius 1 is 1.19 bits per heavy atom. The summed E-state index contributed by atoms with van der Waals surface area (Å²) in [5.74, 6) is 0.507. The summed E-state index contributed by atoms with van der Waals surface area (Å²) in [6.07, 6.45) is 3.17. The van der Waals surface area contributed by atoms with Gasteiger partial charge in [-0.2, -0.15) is 9.97 Å². The molecule has 0 bridgehead atoms. The second-order valence-electron chi connectivity index (χ2n) is 7.79. The van der Waals surface area contributed by atoms with E-state index < -0.39 is 0 Å². The van der Waals surface area contributed by atoms with Gasteiger partial charge in [0.05, 0.1) is 25.1 Å². The van der Waals surface area contributed by atoms with Crippen molar-refractivity contribution < 1.29 is 14.3 Å². The van der Waals surface area contributed by atoms with Crippen molar-refractivity contribution >= 4 is 22.8 Å². The number of pyridine rings is 1. The lowest BCUT2D eigenvalue weighted by Crippen LogP contribution is -2.40. The molecule has 11 nitrogen and oxygen atoms in total. The molecule has 0 aromatic carbocycles. The summed E-state index contributed by atoms with van der Waals surface area (Å²) in [5, 5.41) is 0.434. The van der Waals surface area contributed by atoms with Crippen LogP contribution in [0.5, 0.6) is 11.9 Å². The SMILES string of the molecule is COc1cc(C(=O)N2CCC[C@H](c3cc4nc(N(C)C)ncc4c(=O)[nH]3)C2)nc(OC)n1. The van der Waals surface area contributed by atoms with Crippen LogP contribution in [-0.4, -0.2) is 77.1 Å². The van der Waals surface area contributed by atoms with Gasteiger partial charge in [0.15, 0.2) is 0 Å². The van der Waals surface area contributed by atoms with E-state index in [1.54, 1.807) is 9.80 Å². The Morgan fingerprint density at radius 3 is 2.72 bits per heavy atom. The molecule has 168 valence electrons. The molecule has 32 heavy (non-hydrogen) atoms. The zero-order valence-electron chi connectivity index (χ0n) is 18.5. The maximum absolute atomic E-state index is 13.1. The molecule has 3 aromatic rings. The van der Waals surface area contributed by atoms with Crippen LogP contribution >= 0.6 is 0 Å². The van der Waals surface area contributed by atoms with E-state index in [0.29, 0.717) is 29.9 Å². The number of methoxy groups -OCH3 is 2. The van der Waals surface area contributed by atoms with Crippen LogP contribution < -0.4 is 19.9 Å². The van der Waals surface area contributed by atoms with Gasteiger partial charge in [0.2, 0.25) is 11.8 Å². The highest BCUT2D eigenvalue weighted by molar-refractivity contribution is 5.92. The molecule has 1 aliphatic heterocycles. The maximum atomic E-state index is 13.1. The van der Waals surface area contributed by atoms with Crippen LogP contribution in [0.2, 0.25) is 0 Å². The standard InChI is InChI=1S/C21H25N7O4/c1-27(2)20-22-10-13-15(24-20)8-14(23-18(13)29)12-6-5-7-28(11-12)19(30)16-9-17(31-3)26-21(25-16)32-4/h8-10,12H,5-7,11H2,1-4H3,(H,23,29)/t12-/m0/s1. The first-order valence-electron chi connectivity index (χ1n) is 10.2. The Kier molecular flexibility index (Phi) is 5.89. The van der Waals surface area contributed by atoms with Crippen molar-refractivity contribution in [2.24, 2.45) is 0 Å². The monoisotopic (exact) mass is 439 g/mol. The average molecular weight is 439 g/mol. The van der Waals surface area contributed by atoms with E-state index >= 15 is 0 Å². The summed E-state index contributed by atoms with van der Waals surface area (Å²) in [5.41, 5.74) is 1.29. The van der Waals surface area contributed by atoms with Crippen LogP contribution in [0.1, 0.15) is 34.9 Å². The molecule has 0 unspecified atom stereocenters. The first kappa shape index (κ1) is 21.5. The predicted molar refractivity (Wildman–Crippen MR) is 118 cm³/mol. The predicted octanol–water partition coefficient (Wildman–Crippen LogP) is 1.21. The fourth-order valence-electron chi connectivity index (χ4n) is 3.77. The van der Waals surface area contributed by atoms with Gasteiger partial charge in [0, 0.05) is 51.1 Å². The molecule has 1 fully saturated rings. The quantitative estimate of drug-likeness (QED) is 0.624. The number of rotatable bonds is 5. The number of aromatic amines is 1. The van der Waals surface area contributed by atoms with Crippen molar-refractivity contribution in [2.75, 3.05) is 46.3 Å². The number of nitrogens with zero attached hydrogens (tertiary/aromatic N) is 6. The Morgan fingerprint density at radius 2 is 2.00 bits per heavy atom. The molecule has 1 atom stereocenters. The van der Waals surface area contributed by atoms with Crippen LogP contribution in [0.15, 0.2) is 23.1 Å². The number of piperidine rings is 1. The lowest BCUT2D eigenvalue weighted by Gasteiger charge is -2.32. The molecular formula is C21H25N7O4. The summed E-state index contributed by atoms with van der Waals surface area (Å²) in [7, 11) is 6.59. The number of ether oxygens (including phenoxy) is 2. The fourth-order valence-corrected chi connectivity index (χ4v) is 3.77. The molecule has 0 radical (unpaired) electrons. The molecule has 3 aromatic heterocycles. The van der Waals surface area contributed by atoms with E-state index in [-0.39, 0.29) is 35.0 Å². The van der Waals surface area contributed by atoms with Crippen molar-refractivity contribution in [1.82, 2.24) is 29.8 Å². The number of hydrogen-bond acceptors (Lipinski definition) is 9. The molecule has 0 saturated carbocycles. The van der Waals surface area contributed by atoms with Crippen LogP contribution in [0.25, 0.3) is 10.9 Å². The molecule has 1 amide bonds. The smallest absolute Gasteiger partial charge is 0.320 e. The first-order valence-corrected chi connectivity index (χ1v) is 10.2. The van der Waals surface area contributed by atoms with Crippen molar-refractivity contribution in [3.8, 4) is 11.9 Å². The summed E-state index contributed by atoms with van der Waals surface area (Å²) >= 11 is 0. The first-order chi connectivity index (χ1) is 15.4. The van der Waals surface area contributed by atoms with E-state index in [9.17, 15) is 9.59 Å². The van der Waals surface area contributed by atoms with Gasteiger partial charge in [-0.25, -0.2) is 9.97 Å². The van der Waals surface area contributed by atoms with E-state index in [2.05, 4.69) is 24.9 Å². The molecule has 1 saturated heterocycles. The van der Waals surface area contributed by atoms with E-state index in [0.717, 1.165) is 18.5 Å². The van der Waals surface area contributed by atoms with Crippen molar-refractivity contribution in [3.05, 3.63) is 40.1 Å². The number of carbonyl (C=O) groups is 1. The number of carbonyl (C=O) groups excluding carboxylic acids is 1. The third-order valence-electron chi connectivity index (χ3n) is 5.44. The fraction of sp³-hybridized carbons (Fsp3) is 0.429. The zero-order valence-corrected chi connectivity index (χ0v) is 18.5. The lowest BCUT2D eigenvalue weighted by atomic mass is 9.93. The maximum Gasteiger partial charge on any atom is 0.320 e. The molecule has 4 heterocycles. The number of H-pyrrole nitrogens is 1. The lowest BCUT2D eigenvalue weighted by molar-refractivity contribution is 0.0698. The second kappa shape index (κ2) is 8.77. The van der Waals surface area contributed by atoms with Gasteiger partial charge in [-0.05, 0) is 18.9 Å². The highest BCUT2D eigenvalue weighted by atomic mass is 16.5. The minimum absolute atomic E-state index is 0.0341. The van der Waals surface area contributed by atoms with Crippen molar-refractivity contribution in [2.45, 2.75) is 18.8 Å². The summed E-state index contributed by atoms with van der Waals surface area (Å²) < 4.78 is 10.2. The normalized spacial score (nSPS) is 16.1. The Balaban J connectivity index is 1.62. The van der Waals surface area contributed by atoms with Gasteiger partial charge in [-0.1, -0.05) is 0 Å². The average Bonchev–Trinajstić information content (AvgIpc) is 2.82. The van der Waals surface area contributed by atoms with Crippen LogP contribution in [-0.2, 0) is 0 Å². The molecule has 11 heteroatoms. The third kappa shape index (κ3) is 4.18. The number of likely N-dealkylation sites (tertiary alicyclic amines) is 1. The second-order valence-corrected chi connectivity index (χ2v) is 7.79. The summed E-state index contributed by atoms with van der Waals surface area (Å²) in [6, 6.07) is 3.43. The number of nitrogens with one attached hydrogen (secondary N) is 1. The molecule has 4 rings (SSSR count). The number of aromatic nitrogens is 5. The van der Waals surface area contributed by atoms with Gasteiger partial charge in [-0.15, -0.1) is 0 Å². The topological polar surface area (TPSA) is 126 Å². The van der Waals surface area contributed by atoms with Crippen molar-refractivity contribution in [1.29, 1.82) is 0 Å². The van der Waals surface area contributed by atoms with Crippen LogP contribution in [0.3, 0.4) is 0 Å². The number of anilines is 1.